The average molecular weight is 181 g/mol. The van der Waals surface area contributed by atoms with Crippen molar-refractivity contribution in [2.75, 3.05) is 0 Å². The summed E-state index contributed by atoms with van der Waals surface area (Å²) in [5, 5.41) is 11.5. The van der Waals surface area contributed by atoms with Crippen LogP contribution in [0.4, 0.5) is 0 Å². The summed E-state index contributed by atoms with van der Waals surface area (Å²) in [7, 11) is 0. The molecule has 0 spiro atoms. The van der Waals surface area contributed by atoms with Gasteiger partial charge >= 0.3 is 0 Å². The predicted octanol–water partition coefficient (Wildman–Crippen LogP) is 0.493. The van der Waals surface area contributed by atoms with Gasteiger partial charge in [0.1, 0.15) is 0 Å². The lowest BCUT2D eigenvalue weighted by Crippen LogP contribution is -2.09. The van der Waals surface area contributed by atoms with Gasteiger partial charge < -0.3 is 5.73 Å². The minimum atomic E-state index is 0.433. The van der Waals surface area contributed by atoms with Crippen LogP contribution < -0.4 is 5.73 Å². The number of hydrogen-bond acceptors (Lipinski definition) is 4. The molecule has 0 amide bonds. The Hall–Kier alpha value is -0.970. The van der Waals surface area contributed by atoms with E-state index >= 15 is 0 Å². The van der Waals surface area contributed by atoms with Gasteiger partial charge in [-0.1, -0.05) is 13.3 Å². The fraction of sp³-hybridized carbons (Fsp3) is 0.875. The third kappa shape index (κ3) is 1.56. The van der Waals surface area contributed by atoms with Gasteiger partial charge in [0.25, 0.3) is 0 Å². The van der Waals surface area contributed by atoms with Gasteiger partial charge in [-0.05, 0) is 29.2 Å². The molecule has 0 radical (unpaired) electrons. The zero-order valence-electron chi connectivity index (χ0n) is 7.85. The van der Waals surface area contributed by atoms with Crippen LogP contribution in [0.2, 0.25) is 0 Å². The second-order valence-corrected chi connectivity index (χ2v) is 3.60. The SMILES string of the molecule is CCCC1CC1n1nnnc1CN. The van der Waals surface area contributed by atoms with E-state index in [0.717, 1.165) is 11.7 Å². The highest BCUT2D eigenvalue weighted by atomic mass is 15.6. The second-order valence-electron chi connectivity index (χ2n) is 3.60. The van der Waals surface area contributed by atoms with Crippen molar-refractivity contribution < 1.29 is 0 Å². The Kier molecular flexibility index (Phi) is 2.26. The van der Waals surface area contributed by atoms with Gasteiger partial charge in [-0.25, -0.2) is 4.68 Å². The fourth-order valence-corrected chi connectivity index (χ4v) is 1.82. The number of aromatic nitrogens is 4. The quantitative estimate of drug-likeness (QED) is 0.734. The Morgan fingerprint density at radius 2 is 2.46 bits per heavy atom. The molecule has 0 bridgehead atoms. The Morgan fingerprint density at radius 1 is 1.62 bits per heavy atom. The molecule has 5 nitrogen and oxygen atoms in total. The van der Waals surface area contributed by atoms with Gasteiger partial charge in [0.2, 0.25) is 0 Å². The maximum atomic E-state index is 5.52. The monoisotopic (exact) mass is 181 g/mol. The standard InChI is InChI=1S/C8H15N5/c1-2-3-6-4-7(6)13-8(5-9)10-11-12-13/h6-7H,2-5,9H2,1H3. The molecule has 13 heavy (non-hydrogen) atoms. The molecule has 1 saturated carbocycles. The largest absolute Gasteiger partial charge is 0.324 e. The Morgan fingerprint density at radius 3 is 3.15 bits per heavy atom. The van der Waals surface area contributed by atoms with E-state index in [4.69, 9.17) is 5.73 Å². The van der Waals surface area contributed by atoms with Crippen LogP contribution in [-0.2, 0) is 6.54 Å². The van der Waals surface area contributed by atoms with E-state index < -0.39 is 0 Å². The Bertz CT molecular complexity index is 282. The van der Waals surface area contributed by atoms with Crippen molar-refractivity contribution in [1.29, 1.82) is 0 Å². The summed E-state index contributed by atoms with van der Waals surface area (Å²) in [5.41, 5.74) is 5.52. The minimum Gasteiger partial charge on any atom is -0.324 e. The first-order valence-electron chi connectivity index (χ1n) is 4.83. The maximum Gasteiger partial charge on any atom is 0.165 e. The van der Waals surface area contributed by atoms with Crippen LogP contribution >= 0.6 is 0 Å². The molecule has 2 atom stereocenters. The summed E-state index contributed by atoms with van der Waals surface area (Å²) in [5.74, 6) is 1.59. The molecule has 5 heteroatoms. The van der Waals surface area contributed by atoms with Crippen LogP contribution in [-0.4, -0.2) is 20.2 Å². The molecule has 2 rings (SSSR count). The van der Waals surface area contributed by atoms with Gasteiger partial charge in [0, 0.05) is 0 Å². The summed E-state index contributed by atoms with van der Waals surface area (Å²) in [6.07, 6.45) is 3.72. The van der Waals surface area contributed by atoms with Gasteiger partial charge in [-0.15, -0.1) is 5.10 Å². The second kappa shape index (κ2) is 3.41. The average Bonchev–Trinajstić information content (AvgIpc) is 2.75. The van der Waals surface area contributed by atoms with E-state index in [1.54, 1.807) is 0 Å². The number of tetrazole rings is 1. The first-order chi connectivity index (χ1) is 6.36. The molecule has 1 fully saturated rings. The van der Waals surface area contributed by atoms with E-state index in [-0.39, 0.29) is 0 Å². The molecule has 1 aromatic heterocycles. The molecular formula is C8H15N5. The normalized spacial score (nSPS) is 26.3. The maximum absolute atomic E-state index is 5.52. The highest BCUT2D eigenvalue weighted by Gasteiger charge is 2.39. The van der Waals surface area contributed by atoms with Crippen molar-refractivity contribution >= 4 is 0 Å². The van der Waals surface area contributed by atoms with Crippen LogP contribution in [0.15, 0.2) is 0 Å². The number of rotatable bonds is 4. The third-order valence-electron chi connectivity index (χ3n) is 2.60. The predicted molar refractivity (Wildman–Crippen MR) is 47.8 cm³/mol. The molecule has 2 N–H and O–H groups in total. The summed E-state index contributed by atoms with van der Waals surface area (Å²) < 4.78 is 1.89. The number of nitrogens with zero attached hydrogens (tertiary/aromatic N) is 4. The summed E-state index contributed by atoms with van der Waals surface area (Å²) in [6, 6.07) is 0.522. The van der Waals surface area contributed by atoms with E-state index in [9.17, 15) is 0 Å². The molecule has 0 aliphatic heterocycles. The van der Waals surface area contributed by atoms with E-state index in [2.05, 4.69) is 22.4 Å². The van der Waals surface area contributed by atoms with E-state index in [0.29, 0.717) is 12.6 Å². The van der Waals surface area contributed by atoms with Crippen LogP contribution in [0.3, 0.4) is 0 Å². The first kappa shape index (κ1) is 8.62. The van der Waals surface area contributed by atoms with Crippen molar-refractivity contribution in [2.45, 2.75) is 38.8 Å². The van der Waals surface area contributed by atoms with E-state index in [1.165, 1.54) is 19.3 Å². The molecule has 0 aromatic carbocycles. The highest BCUT2D eigenvalue weighted by Crippen LogP contribution is 2.45. The zero-order valence-corrected chi connectivity index (χ0v) is 7.85. The lowest BCUT2D eigenvalue weighted by Gasteiger charge is -2.00. The topological polar surface area (TPSA) is 69.6 Å². The molecule has 1 aliphatic carbocycles. The summed E-state index contributed by atoms with van der Waals surface area (Å²) in [6.45, 7) is 2.64. The molecule has 0 saturated heterocycles. The Balaban J connectivity index is 2.02. The van der Waals surface area contributed by atoms with Crippen molar-refractivity contribution in [1.82, 2.24) is 20.2 Å². The Labute approximate surface area is 77.3 Å². The third-order valence-corrected chi connectivity index (χ3v) is 2.60. The first-order valence-corrected chi connectivity index (χ1v) is 4.83. The molecule has 72 valence electrons. The van der Waals surface area contributed by atoms with Crippen molar-refractivity contribution in [3.8, 4) is 0 Å². The van der Waals surface area contributed by atoms with Gasteiger partial charge in [0.05, 0.1) is 12.6 Å². The van der Waals surface area contributed by atoms with Crippen LogP contribution in [0.5, 0.6) is 0 Å². The molecular weight excluding hydrogens is 166 g/mol. The fourth-order valence-electron chi connectivity index (χ4n) is 1.82. The van der Waals surface area contributed by atoms with Crippen molar-refractivity contribution in [2.24, 2.45) is 11.7 Å². The van der Waals surface area contributed by atoms with Crippen LogP contribution in [0, 0.1) is 5.92 Å². The zero-order chi connectivity index (χ0) is 9.26. The lowest BCUT2D eigenvalue weighted by atomic mass is 10.2. The molecule has 2 unspecified atom stereocenters. The van der Waals surface area contributed by atoms with Crippen LogP contribution in [0.25, 0.3) is 0 Å². The van der Waals surface area contributed by atoms with Crippen molar-refractivity contribution in [3.63, 3.8) is 0 Å². The highest BCUT2D eigenvalue weighted by molar-refractivity contribution is 4.95. The molecule has 1 aromatic rings. The lowest BCUT2D eigenvalue weighted by molar-refractivity contribution is 0.526. The van der Waals surface area contributed by atoms with E-state index in [1.807, 2.05) is 4.68 Å². The van der Waals surface area contributed by atoms with Crippen molar-refractivity contribution in [3.05, 3.63) is 5.82 Å². The van der Waals surface area contributed by atoms with Crippen LogP contribution in [0.1, 0.15) is 38.1 Å². The molecule has 1 aliphatic rings. The smallest absolute Gasteiger partial charge is 0.165 e. The summed E-state index contributed by atoms with van der Waals surface area (Å²) >= 11 is 0. The van der Waals surface area contributed by atoms with Gasteiger partial charge in [0.15, 0.2) is 5.82 Å². The minimum absolute atomic E-state index is 0.433. The van der Waals surface area contributed by atoms with Gasteiger partial charge in [-0.2, -0.15) is 0 Å². The summed E-state index contributed by atoms with van der Waals surface area (Å²) in [4.78, 5) is 0. The van der Waals surface area contributed by atoms with Gasteiger partial charge in [-0.3, -0.25) is 0 Å². The molecule has 1 heterocycles. The number of hydrogen-bond donors (Lipinski definition) is 1. The number of nitrogens with two attached hydrogens (primary N) is 1.